The minimum absolute atomic E-state index is 0.475. The molecular formula is C14H11N3O2. The first-order valence-corrected chi connectivity index (χ1v) is 5.87. The summed E-state index contributed by atoms with van der Waals surface area (Å²) in [4.78, 5) is 27.8. The molecule has 1 aliphatic rings. The molecule has 0 radical (unpaired) electrons. The van der Waals surface area contributed by atoms with E-state index in [1.807, 2.05) is 30.3 Å². The van der Waals surface area contributed by atoms with E-state index in [-0.39, 0.29) is 0 Å². The van der Waals surface area contributed by atoms with Crippen LogP contribution in [-0.2, 0) is 9.59 Å². The van der Waals surface area contributed by atoms with Gasteiger partial charge in [0.15, 0.2) is 0 Å². The van der Waals surface area contributed by atoms with Crippen LogP contribution in [-0.4, -0.2) is 16.7 Å². The van der Waals surface area contributed by atoms with Gasteiger partial charge >= 0.3 is 5.91 Å². The molecule has 1 unspecified atom stereocenters. The highest BCUT2D eigenvalue weighted by Crippen LogP contribution is 2.28. The third-order valence-corrected chi connectivity index (χ3v) is 2.96. The Hall–Kier alpha value is -2.69. The molecule has 1 atom stereocenters. The number of amides is 1. The minimum Gasteiger partial charge on any atom is -0.286 e. The smallest absolute Gasteiger partial charge is 0.286 e. The quantitative estimate of drug-likeness (QED) is 0.818. The molecule has 0 spiro atoms. The fraction of sp³-hybridized carbons (Fsp3) is 0.0714. The van der Waals surface area contributed by atoms with E-state index in [1.165, 1.54) is 5.01 Å². The number of carbonyl (C=O) groups is 2. The Morgan fingerprint density at radius 3 is 2.42 bits per heavy atom. The first-order chi connectivity index (χ1) is 9.27. The van der Waals surface area contributed by atoms with Gasteiger partial charge in [-0.2, -0.15) is 0 Å². The Kier molecular flexibility index (Phi) is 2.72. The molecule has 0 aliphatic carbocycles. The second-order valence-corrected chi connectivity index (χ2v) is 4.18. The maximum Gasteiger partial charge on any atom is 0.308 e. The number of hydrazine groups is 1. The summed E-state index contributed by atoms with van der Waals surface area (Å²) in [6.45, 7) is 0. The number of hydrogen-bond acceptors (Lipinski definition) is 4. The Morgan fingerprint density at radius 1 is 1.00 bits per heavy atom. The summed E-state index contributed by atoms with van der Waals surface area (Å²) in [5, 5.41) is 1.50. The van der Waals surface area contributed by atoms with Gasteiger partial charge < -0.3 is 0 Å². The number of aromatic nitrogens is 1. The van der Waals surface area contributed by atoms with Gasteiger partial charge in [-0.15, -0.1) is 0 Å². The number of benzene rings is 1. The number of nitrogens with one attached hydrogen (secondary N) is 1. The third kappa shape index (κ3) is 1.95. The van der Waals surface area contributed by atoms with E-state index < -0.39 is 17.7 Å². The highest BCUT2D eigenvalue weighted by atomic mass is 16.2. The van der Waals surface area contributed by atoms with E-state index in [4.69, 9.17) is 0 Å². The van der Waals surface area contributed by atoms with Crippen LogP contribution in [0.15, 0.2) is 54.7 Å². The van der Waals surface area contributed by atoms with Gasteiger partial charge in [0.05, 0.1) is 0 Å². The maximum absolute atomic E-state index is 12.0. The predicted octanol–water partition coefficient (Wildman–Crippen LogP) is 1.24. The van der Waals surface area contributed by atoms with E-state index in [1.54, 1.807) is 24.4 Å². The van der Waals surface area contributed by atoms with Crippen molar-refractivity contribution in [1.29, 1.82) is 0 Å². The summed E-state index contributed by atoms with van der Waals surface area (Å²) in [5.74, 6) is -0.549. The second-order valence-electron chi connectivity index (χ2n) is 4.18. The summed E-state index contributed by atoms with van der Waals surface area (Å²) in [5.41, 5.74) is 3.31. The van der Waals surface area contributed by atoms with Crippen LogP contribution < -0.4 is 10.4 Å². The summed E-state index contributed by atoms with van der Waals surface area (Å²) >= 11 is 0. The van der Waals surface area contributed by atoms with E-state index >= 15 is 0 Å². The van der Waals surface area contributed by atoms with Crippen molar-refractivity contribution in [2.75, 3.05) is 5.01 Å². The SMILES string of the molecule is O=C1NN(c2ccccn2)C(c2ccccc2)C1=O. The highest BCUT2D eigenvalue weighted by molar-refractivity contribution is 6.41. The summed E-state index contributed by atoms with van der Waals surface area (Å²) < 4.78 is 0. The molecule has 5 heteroatoms. The summed E-state index contributed by atoms with van der Waals surface area (Å²) in [6.07, 6.45) is 1.62. The van der Waals surface area contributed by atoms with Crippen molar-refractivity contribution < 1.29 is 9.59 Å². The lowest BCUT2D eigenvalue weighted by atomic mass is 10.0. The number of pyridine rings is 1. The van der Waals surface area contributed by atoms with Crippen molar-refractivity contribution in [3.63, 3.8) is 0 Å². The number of rotatable bonds is 2. The van der Waals surface area contributed by atoms with Crippen molar-refractivity contribution in [2.24, 2.45) is 0 Å². The van der Waals surface area contributed by atoms with Crippen molar-refractivity contribution in [1.82, 2.24) is 10.4 Å². The Balaban J connectivity index is 2.04. The van der Waals surface area contributed by atoms with Crippen LogP contribution >= 0.6 is 0 Å². The molecule has 1 saturated heterocycles. The van der Waals surface area contributed by atoms with Gasteiger partial charge in [-0.1, -0.05) is 36.4 Å². The van der Waals surface area contributed by atoms with E-state index in [0.29, 0.717) is 5.82 Å². The van der Waals surface area contributed by atoms with Crippen LogP contribution in [0.1, 0.15) is 11.6 Å². The number of nitrogens with zero attached hydrogens (tertiary/aromatic N) is 2. The molecule has 5 nitrogen and oxygen atoms in total. The molecule has 1 amide bonds. The Bertz CT molecular complexity index is 613. The largest absolute Gasteiger partial charge is 0.308 e. The van der Waals surface area contributed by atoms with E-state index in [9.17, 15) is 9.59 Å². The molecule has 0 bridgehead atoms. The van der Waals surface area contributed by atoms with Crippen LogP contribution in [0.3, 0.4) is 0 Å². The van der Waals surface area contributed by atoms with Gasteiger partial charge in [-0.05, 0) is 17.7 Å². The maximum atomic E-state index is 12.0. The molecule has 1 aliphatic heterocycles. The number of anilines is 1. The van der Waals surface area contributed by atoms with Crippen LogP contribution in [0.5, 0.6) is 0 Å². The first-order valence-electron chi connectivity index (χ1n) is 5.87. The Labute approximate surface area is 109 Å². The molecule has 94 valence electrons. The van der Waals surface area contributed by atoms with Crippen molar-refractivity contribution in [3.8, 4) is 0 Å². The van der Waals surface area contributed by atoms with Crippen molar-refractivity contribution in [3.05, 3.63) is 60.3 Å². The van der Waals surface area contributed by atoms with Gasteiger partial charge in [-0.25, -0.2) is 4.98 Å². The third-order valence-electron chi connectivity index (χ3n) is 2.96. The minimum atomic E-state index is -0.663. The average Bonchev–Trinajstić information content (AvgIpc) is 2.77. The van der Waals surface area contributed by atoms with E-state index in [0.717, 1.165) is 5.56 Å². The molecule has 1 aromatic carbocycles. The molecule has 0 saturated carbocycles. The summed E-state index contributed by atoms with van der Waals surface area (Å²) in [7, 11) is 0. The zero-order chi connectivity index (χ0) is 13.2. The standard InChI is InChI=1S/C14H11N3O2/c18-13-12(10-6-2-1-3-7-10)17(16-14(13)19)11-8-4-5-9-15-11/h1-9,12H,(H,16,19). The molecule has 2 heterocycles. The lowest BCUT2D eigenvalue weighted by Crippen LogP contribution is -2.35. The molecule has 2 aromatic rings. The van der Waals surface area contributed by atoms with Crippen LogP contribution in [0, 0.1) is 0 Å². The van der Waals surface area contributed by atoms with E-state index in [2.05, 4.69) is 10.4 Å². The second kappa shape index (κ2) is 4.53. The summed E-state index contributed by atoms with van der Waals surface area (Å²) in [6, 6.07) is 13.8. The van der Waals surface area contributed by atoms with Gasteiger partial charge in [0, 0.05) is 6.20 Å². The predicted molar refractivity (Wildman–Crippen MR) is 69.0 cm³/mol. The van der Waals surface area contributed by atoms with Gasteiger partial charge in [0.1, 0.15) is 11.9 Å². The number of hydrogen-bond donors (Lipinski definition) is 1. The zero-order valence-corrected chi connectivity index (χ0v) is 9.98. The first kappa shape index (κ1) is 11.4. The Morgan fingerprint density at radius 2 is 1.74 bits per heavy atom. The van der Waals surface area contributed by atoms with Crippen molar-refractivity contribution >= 4 is 17.5 Å². The normalized spacial score (nSPS) is 18.5. The molecular weight excluding hydrogens is 242 g/mol. The van der Waals surface area contributed by atoms with Crippen molar-refractivity contribution in [2.45, 2.75) is 6.04 Å². The highest BCUT2D eigenvalue weighted by Gasteiger charge is 2.41. The number of Topliss-reactive ketones (excluding diaryl/α,β-unsaturated/α-hetero) is 1. The monoisotopic (exact) mass is 253 g/mol. The fourth-order valence-electron chi connectivity index (χ4n) is 2.09. The van der Waals surface area contributed by atoms with Gasteiger partial charge in [0.2, 0.25) is 0 Å². The molecule has 1 N–H and O–H groups in total. The fourth-order valence-corrected chi connectivity index (χ4v) is 2.09. The lowest BCUT2D eigenvalue weighted by Gasteiger charge is -2.22. The lowest BCUT2D eigenvalue weighted by molar-refractivity contribution is -0.135. The van der Waals surface area contributed by atoms with Crippen LogP contribution in [0.25, 0.3) is 0 Å². The number of carbonyl (C=O) groups excluding carboxylic acids is 2. The zero-order valence-electron chi connectivity index (χ0n) is 9.98. The van der Waals surface area contributed by atoms with Crippen LogP contribution in [0.2, 0.25) is 0 Å². The van der Waals surface area contributed by atoms with Crippen LogP contribution in [0.4, 0.5) is 5.82 Å². The molecule has 19 heavy (non-hydrogen) atoms. The topological polar surface area (TPSA) is 62.3 Å². The van der Waals surface area contributed by atoms with Gasteiger partial charge in [0.25, 0.3) is 5.78 Å². The molecule has 1 aromatic heterocycles. The molecule has 3 rings (SSSR count). The number of ketones is 1. The van der Waals surface area contributed by atoms with Gasteiger partial charge in [-0.3, -0.25) is 20.0 Å². The molecule has 1 fully saturated rings. The average molecular weight is 253 g/mol.